The molecule has 0 bridgehead atoms. The number of benzene rings is 1. The van der Waals surface area contributed by atoms with Gasteiger partial charge in [-0.2, -0.15) is 0 Å². The Hall–Kier alpha value is -0.700. The number of rotatable bonds is 1. The standard InChI is InChI=1S/C7H10N2O2S.C6F4I2/c1-3-11-7(10)9-5-4-8(2)6(9)12;7-1-2(8)6(12)4(10)3(9)5(1)11/h4-5H,3H2,1-2H3;. The van der Waals surface area contributed by atoms with Gasteiger partial charge in [0, 0.05) is 19.4 Å². The summed E-state index contributed by atoms with van der Waals surface area (Å²) in [6.45, 7) is 2.11. The molecule has 0 saturated heterocycles. The van der Waals surface area contributed by atoms with Crippen LogP contribution in [0.2, 0.25) is 0 Å². The van der Waals surface area contributed by atoms with E-state index >= 15 is 0 Å². The first-order chi connectivity index (χ1) is 11.1. The van der Waals surface area contributed by atoms with E-state index in [1.165, 1.54) is 49.7 Å². The SMILES string of the molecule is CCOC(=O)n1ccn(C)c1=S.Fc1c(F)c(I)c(F)c(F)c1I. The Morgan fingerprint density at radius 2 is 1.50 bits per heavy atom. The predicted molar refractivity (Wildman–Crippen MR) is 98.4 cm³/mol. The molecule has 2 aromatic rings. The van der Waals surface area contributed by atoms with E-state index in [4.69, 9.17) is 17.0 Å². The first-order valence-electron chi connectivity index (χ1n) is 6.21. The number of nitrogens with zero attached hydrogens (tertiary/aromatic N) is 2. The topological polar surface area (TPSA) is 36.2 Å². The maximum Gasteiger partial charge on any atom is 0.420 e. The molecule has 2 rings (SSSR count). The normalized spacial score (nSPS) is 10.2. The van der Waals surface area contributed by atoms with E-state index < -0.39 is 36.5 Å². The molecule has 1 aromatic carbocycles. The van der Waals surface area contributed by atoms with Gasteiger partial charge in [-0.15, -0.1) is 0 Å². The fourth-order valence-corrected chi connectivity index (χ4v) is 2.52. The highest BCUT2D eigenvalue weighted by molar-refractivity contribution is 14.1. The lowest BCUT2D eigenvalue weighted by Gasteiger charge is -2.02. The van der Waals surface area contributed by atoms with Crippen molar-refractivity contribution < 1.29 is 27.1 Å². The fourth-order valence-electron chi connectivity index (χ4n) is 1.37. The van der Waals surface area contributed by atoms with Crippen molar-refractivity contribution in [1.82, 2.24) is 9.13 Å². The molecular formula is C13H10F4I2N2O2S. The van der Waals surface area contributed by atoms with E-state index in [1.807, 2.05) is 0 Å². The molecule has 0 fully saturated rings. The molecule has 0 N–H and O–H groups in total. The first-order valence-corrected chi connectivity index (χ1v) is 8.78. The third-order valence-corrected chi connectivity index (χ3v) is 4.95. The lowest BCUT2D eigenvalue weighted by Crippen LogP contribution is -2.13. The number of halogens is 6. The summed E-state index contributed by atoms with van der Waals surface area (Å²) < 4.78 is 57.4. The minimum absolute atomic E-state index is 0.357. The monoisotopic (exact) mass is 588 g/mol. The first kappa shape index (κ1) is 21.3. The van der Waals surface area contributed by atoms with E-state index in [0.29, 0.717) is 11.4 Å². The summed E-state index contributed by atoms with van der Waals surface area (Å²) in [6, 6.07) is 0. The number of carbonyl (C=O) groups excluding carboxylic acids is 1. The fraction of sp³-hybridized carbons (Fsp3) is 0.231. The summed E-state index contributed by atoms with van der Waals surface area (Å²) >= 11 is 7.35. The molecular weight excluding hydrogens is 578 g/mol. The zero-order chi connectivity index (χ0) is 18.6. The predicted octanol–water partition coefficient (Wildman–Crippen LogP) is 5.01. The lowest BCUT2D eigenvalue weighted by molar-refractivity contribution is 0.153. The van der Waals surface area contributed by atoms with Crippen LogP contribution in [-0.2, 0) is 11.8 Å². The molecule has 0 amide bonds. The largest absolute Gasteiger partial charge is 0.449 e. The Morgan fingerprint density at radius 1 is 1.08 bits per heavy atom. The Balaban J connectivity index is 0.000000240. The third kappa shape index (κ3) is 4.68. The quantitative estimate of drug-likeness (QED) is 0.155. The van der Waals surface area contributed by atoms with E-state index in [1.54, 1.807) is 30.9 Å². The van der Waals surface area contributed by atoms with Crippen LogP contribution in [-0.4, -0.2) is 21.8 Å². The Kier molecular flexibility index (Phi) is 8.11. The summed E-state index contributed by atoms with van der Waals surface area (Å²) in [5.74, 6) is -5.39. The molecule has 4 nitrogen and oxygen atoms in total. The van der Waals surface area contributed by atoms with Gasteiger partial charge in [0.15, 0.2) is 28.0 Å². The number of ether oxygens (including phenoxy) is 1. The van der Waals surface area contributed by atoms with Gasteiger partial charge >= 0.3 is 6.09 Å². The molecule has 0 aliphatic rings. The van der Waals surface area contributed by atoms with E-state index in [2.05, 4.69) is 0 Å². The Bertz CT molecular complexity index is 718. The molecule has 24 heavy (non-hydrogen) atoms. The highest BCUT2D eigenvalue weighted by Gasteiger charge is 2.21. The van der Waals surface area contributed by atoms with Crippen molar-refractivity contribution in [3.8, 4) is 0 Å². The number of carbonyl (C=O) groups is 1. The molecule has 0 aliphatic heterocycles. The molecule has 0 aliphatic carbocycles. The highest BCUT2D eigenvalue weighted by atomic mass is 127. The Morgan fingerprint density at radius 3 is 1.79 bits per heavy atom. The molecule has 0 atom stereocenters. The maximum absolute atomic E-state index is 12.6. The van der Waals surface area contributed by atoms with Crippen LogP contribution in [0.1, 0.15) is 6.92 Å². The number of aromatic nitrogens is 2. The van der Waals surface area contributed by atoms with Crippen LogP contribution in [0.15, 0.2) is 12.4 Å². The third-order valence-electron chi connectivity index (χ3n) is 2.57. The summed E-state index contributed by atoms with van der Waals surface area (Å²) in [5, 5.41) is 0. The van der Waals surface area contributed by atoms with Crippen molar-refractivity contribution in [3.05, 3.63) is 47.6 Å². The van der Waals surface area contributed by atoms with Gasteiger partial charge in [0.05, 0.1) is 13.7 Å². The second-order valence-electron chi connectivity index (χ2n) is 4.14. The molecule has 0 radical (unpaired) electrons. The van der Waals surface area contributed by atoms with Gasteiger partial charge in [0.1, 0.15) is 0 Å². The number of hydrogen-bond donors (Lipinski definition) is 0. The van der Waals surface area contributed by atoms with Gasteiger partial charge < -0.3 is 9.30 Å². The smallest absolute Gasteiger partial charge is 0.420 e. The molecule has 1 aromatic heterocycles. The second kappa shape index (κ2) is 9.12. The molecule has 132 valence electrons. The van der Waals surface area contributed by atoms with Gasteiger partial charge in [0.25, 0.3) is 0 Å². The van der Waals surface area contributed by atoms with Gasteiger partial charge in [0.2, 0.25) is 0 Å². The van der Waals surface area contributed by atoms with Gasteiger partial charge in [-0.1, -0.05) is 0 Å². The lowest BCUT2D eigenvalue weighted by atomic mass is 10.3. The van der Waals surface area contributed by atoms with E-state index in [0.717, 1.165) is 0 Å². The average molecular weight is 588 g/mol. The maximum atomic E-state index is 12.6. The van der Waals surface area contributed by atoms with Crippen LogP contribution in [0.5, 0.6) is 0 Å². The summed E-state index contributed by atoms with van der Waals surface area (Å²) in [6.07, 6.45) is 2.86. The molecule has 0 unspecified atom stereocenters. The van der Waals surface area contributed by atoms with E-state index in [-0.39, 0.29) is 0 Å². The van der Waals surface area contributed by atoms with Crippen LogP contribution in [0.4, 0.5) is 22.4 Å². The number of hydrogen-bond acceptors (Lipinski definition) is 3. The molecule has 11 heteroatoms. The molecule has 0 saturated carbocycles. The summed E-state index contributed by atoms with van der Waals surface area (Å²) in [7, 11) is 1.78. The Labute approximate surface area is 167 Å². The van der Waals surface area contributed by atoms with Crippen molar-refractivity contribution in [1.29, 1.82) is 0 Å². The van der Waals surface area contributed by atoms with Crippen molar-refractivity contribution in [2.24, 2.45) is 7.05 Å². The average Bonchev–Trinajstić information content (AvgIpc) is 2.89. The van der Waals surface area contributed by atoms with Gasteiger partial charge in [-0.25, -0.2) is 26.9 Å². The van der Waals surface area contributed by atoms with Crippen LogP contribution >= 0.6 is 57.4 Å². The van der Waals surface area contributed by atoms with Gasteiger partial charge in [-0.05, 0) is 64.3 Å². The minimum Gasteiger partial charge on any atom is -0.449 e. The van der Waals surface area contributed by atoms with Crippen LogP contribution in [0.25, 0.3) is 0 Å². The number of imidazole rings is 1. The highest BCUT2D eigenvalue weighted by Crippen LogP contribution is 2.25. The van der Waals surface area contributed by atoms with Crippen LogP contribution in [0, 0.1) is 35.2 Å². The van der Waals surface area contributed by atoms with Crippen molar-refractivity contribution in [2.75, 3.05) is 6.61 Å². The number of aryl methyl sites for hydroxylation is 1. The zero-order valence-electron chi connectivity index (χ0n) is 12.2. The van der Waals surface area contributed by atoms with Gasteiger partial charge in [-0.3, -0.25) is 0 Å². The minimum atomic E-state index is -1.35. The molecule has 1 heterocycles. The second-order valence-corrected chi connectivity index (χ2v) is 6.67. The summed E-state index contributed by atoms with van der Waals surface area (Å²) in [4.78, 5) is 11.1. The van der Waals surface area contributed by atoms with Crippen molar-refractivity contribution in [3.63, 3.8) is 0 Å². The van der Waals surface area contributed by atoms with Crippen LogP contribution in [0.3, 0.4) is 0 Å². The zero-order valence-corrected chi connectivity index (χ0v) is 17.4. The van der Waals surface area contributed by atoms with Crippen molar-refractivity contribution in [2.45, 2.75) is 6.92 Å². The summed E-state index contributed by atoms with van der Waals surface area (Å²) in [5.41, 5.74) is 0. The van der Waals surface area contributed by atoms with Crippen molar-refractivity contribution >= 4 is 63.5 Å². The molecule has 0 spiro atoms. The van der Waals surface area contributed by atoms with Crippen LogP contribution < -0.4 is 0 Å². The van der Waals surface area contributed by atoms with E-state index in [9.17, 15) is 22.4 Å².